The van der Waals surface area contributed by atoms with Gasteiger partial charge in [-0.1, -0.05) is 13.8 Å². The van der Waals surface area contributed by atoms with Gasteiger partial charge in [0.15, 0.2) is 0 Å². The van der Waals surface area contributed by atoms with Crippen LogP contribution in [0.3, 0.4) is 0 Å². The predicted molar refractivity (Wildman–Crippen MR) is 61.5 cm³/mol. The normalized spacial score (nSPS) is 52.8. The summed E-state index contributed by atoms with van der Waals surface area (Å²) in [6, 6.07) is 0. The fourth-order valence-corrected chi connectivity index (χ4v) is 5.51. The Bertz CT molecular complexity index is 249. The predicted octanol–water partition coefficient (Wildman–Crippen LogP) is 3.36. The van der Waals surface area contributed by atoms with Crippen molar-refractivity contribution in [2.24, 2.45) is 23.2 Å². The van der Waals surface area contributed by atoms with Gasteiger partial charge in [-0.25, -0.2) is 0 Å². The second-order valence-corrected chi connectivity index (χ2v) is 7.28. The van der Waals surface area contributed by atoms with Gasteiger partial charge >= 0.3 is 0 Å². The second-order valence-electron chi connectivity index (χ2n) is 7.28. The molecule has 0 aromatic carbocycles. The van der Waals surface area contributed by atoms with Crippen molar-refractivity contribution < 1.29 is 5.11 Å². The second kappa shape index (κ2) is 3.00. The Morgan fingerprint density at radius 2 is 1.73 bits per heavy atom. The Hall–Kier alpha value is -0.0400. The van der Waals surface area contributed by atoms with E-state index in [1.165, 1.54) is 25.7 Å². The van der Waals surface area contributed by atoms with E-state index in [9.17, 15) is 5.11 Å². The van der Waals surface area contributed by atoms with Crippen molar-refractivity contribution in [2.45, 2.75) is 64.4 Å². The van der Waals surface area contributed by atoms with Crippen molar-refractivity contribution in [1.29, 1.82) is 0 Å². The third-order valence-corrected chi connectivity index (χ3v) is 4.99. The molecule has 1 nitrogen and oxygen atoms in total. The van der Waals surface area contributed by atoms with Gasteiger partial charge in [0, 0.05) is 0 Å². The van der Waals surface area contributed by atoms with Crippen molar-refractivity contribution in [3.05, 3.63) is 0 Å². The van der Waals surface area contributed by atoms with Crippen LogP contribution in [0.5, 0.6) is 0 Å². The first-order chi connectivity index (χ1) is 6.99. The molecule has 4 fully saturated rings. The molecule has 1 N–H and O–H groups in total. The zero-order valence-corrected chi connectivity index (χ0v) is 10.1. The largest absolute Gasteiger partial charge is 0.390 e. The number of aliphatic hydroxyl groups is 1. The van der Waals surface area contributed by atoms with Crippen LogP contribution in [0.25, 0.3) is 0 Å². The van der Waals surface area contributed by atoms with Crippen molar-refractivity contribution >= 4 is 0 Å². The SMILES string of the molecule is CC(C)CC12C[C@@H]3C[C@@H](CC(O)(C3)C1)C2. The molecule has 0 aliphatic heterocycles. The first kappa shape index (κ1) is 10.1. The molecule has 0 aromatic heterocycles. The van der Waals surface area contributed by atoms with Crippen molar-refractivity contribution in [2.75, 3.05) is 0 Å². The van der Waals surface area contributed by atoms with Crippen LogP contribution in [0.2, 0.25) is 0 Å². The van der Waals surface area contributed by atoms with Crippen LogP contribution in [0.4, 0.5) is 0 Å². The van der Waals surface area contributed by atoms with E-state index < -0.39 is 0 Å². The van der Waals surface area contributed by atoms with E-state index in [4.69, 9.17) is 0 Å². The van der Waals surface area contributed by atoms with Crippen LogP contribution in [-0.4, -0.2) is 10.7 Å². The lowest BCUT2D eigenvalue weighted by atomic mass is 9.46. The topological polar surface area (TPSA) is 20.2 Å². The summed E-state index contributed by atoms with van der Waals surface area (Å²) in [5.74, 6) is 2.51. The van der Waals surface area contributed by atoms with Crippen molar-refractivity contribution in [3.8, 4) is 0 Å². The van der Waals surface area contributed by atoms with E-state index in [1.807, 2.05) is 0 Å². The molecule has 4 aliphatic carbocycles. The Morgan fingerprint density at radius 3 is 2.20 bits per heavy atom. The molecule has 2 unspecified atom stereocenters. The summed E-state index contributed by atoms with van der Waals surface area (Å²) in [4.78, 5) is 0. The van der Waals surface area contributed by atoms with E-state index in [0.717, 1.165) is 37.0 Å². The first-order valence-electron chi connectivity index (χ1n) is 6.71. The third kappa shape index (κ3) is 1.63. The summed E-state index contributed by atoms with van der Waals surface area (Å²) in [5.41, 5.74) is 0.284. The Labute approximate surface area is 93.3 Å². The van der Waals surface area contributed by atoms with E-state index >= 15 is 0 Å². The fraction of sp³-hybridized carbons (Fsp3) is 1.00. The van der Waals surface area contributed by atoms with Gasteiger partial charge in [-0.3, -0.25) is 0 Å². The molecule has 4 aliphatic rings. The standard InChI is InChI=1S/C14H24O/c1-10(2)4-13-5-11-3-12(6-13)8-14(15,7-11)9-13/h10-12,15H,3-9H2,1-2H3/t11-,12+,13?,14?. The van der Waals surface area contributed by atoms with Gasteiger partial charge in [0.05, 0.1) is 5.60 Å². The van der Waals surface area contributed by atoms with Crippen molar-refractivity contribution in [1.82, 2.24) is 0 Å². The quantitative estimate of drug-likeness (QED) is 0.737. The van der Waals surface area contributed by atoms with E-state index in [2.05, 4.69) is 13.8 Å². The summed E-state index contributed by atoms with van der Waals surface area (Å²) >= 11 is 0. The van der Waals surface area contributed by atoms with Gasteiger partial charge in [0.25, 0.3) is 0 Å². The molecule has 4 bridgehead atoms. The van der Waals surface area contributed by atoms with Crippen LogP contribution >= 0.6 is 0 Å². The summed E-state index contributed by atoms with van der Waals surface area (Å²) in [5, 5.41) is 10.6. The molecule has 4 atom stereocenters. The minimum atomic E-state index is -0.251. The Balaban J connectivity index is 1.86. The van der Waals surface area contributed by atoms with Crippen LogP contribution in [0, 0.1) is 23.2 Å². The average Bonchev–Trinajstić information content (AvgIpc) is 1.94. The molecule has 0 aromatic rings. The van der Waals surface area contributed by atoms with Gasteiger partial charge in [-0.15, -0.1) is 0 Å². The van der Waals surface area contributed by atoms with Gasteiger partial charge in [-0.05, 0) is 68.1 Å². The molecule has 86 valence electrons. The van der Waals surface area contributed by atoms with Crippen LogP contribution in [0.15, 0.2) is 0 Å². The lowest BCUT2D eigenvalue weighted by Crippen LogP contribution is -2.55. The van der Waals surface area contributed by atoms with Crippen molar-refractivity contribution in [3.63, 3.8) is 0 Å². The molecule has 4 saturated carbocycles. The fourth-order valence-electron chi connectivity index (χ4n) is 5.51. The maximum Gasteiger partial charge on any atom is 0.0658 e. The summed E-state index contributed by atoms with van der Waals surface area (Å²) in [6.45, 7) is 4.67. The lowest BCUT2D eigenvalue weighted by Gasteiger charge is -2.61. The first-order valence-corrected chi connectivity index (χ1v) is 6.71. The maximum absolute atomic E-state index is 10.6. The number of rotatable bonds is 2. The highest BCUT2D eigenvalue weighted by Gasteiger charge is 2.56. The highest BCUT2D eigenvalue weighted by molar-refractivity contribution is 5.08. The molecule has 0 spiro atoms. The maximum atomic E-state index is 10.6. The highest BCUT2D eigenvalue weighted by atomic mass is 16.3. The summed E-state index contributed by atoms with van der Waals surface area (Å²) in [6.07, 6.45) is 8.95. The van der Waals surface area contributed by atoms with Gasteiger partial charge in [-0.2, -0.15) is 0 Å². The van der Waals surface area contributed by atoms with Gasteiger partial charge in [0.2, 0.25) is 0 Å². The smallest absolute Gasteiger partial charge is 0.0658 e. The Kier molecular flexibility index (Phi) is 2.03. The minimum Gasteiger partial charge on any atom is -0.390 e. The molecule has 0 heterocycles. The molecular formula is C14H24O. The van der Waals surface area contributed by atoms with E-state index in [0.29, 0.717) is 5.41 Å². The van der Waals surface area contributed by atoms with Gasteiger partial charge < -0.3 is 5.11 Å². The monoisotopic (exact) mass is 208 g/mol. The molecule has 0 radical (unpaired) electrons. The lowest BCUT2D eigenvalue weighted by molar-refractivity contribution is -0.168. The summed E-state index contributed by atoms with van der Waals surface area (Å²) in [7, 11) is 0. The molecule has 15 heavy (non-hydrogen) atoms. The molecule has 0 amide bonds. The molecule has 1 heteroatoms. The highest BCUT2D eigenvalue weighted by Crippen LogP contribution is 2.63. The van der Waals surface area contributed by atoms with Crippen LogP contribution in [-0.2, 0) is 0 Å². The molecule has 0 saturated heterocycles. The van der Waals surface area contributed by atoms with Crippen LogP contribution < -0.4 is 0 Å². The number of hydrogen-bond donors (Lipinski definition) is 1. The van der Waals surface area contributed by atoms with Crippen LogP contribution in [0.1, 0.15) is 58.8 Å². The average molecular weight is 208 g/mol. The zero-order valence-electron chi connectivity index (χ0n) is 10.1. The molecule has 4 rings (SSSR count). The number of hydrogen-bond acceptors (Lipinski definition) is 1. The Morgan fingerprint density at radius 1 is 1.13 bits per heavy atom. The van der Waals surface area contributed by atoms with Gasteiger partial charge in [0.1, 0.15) is 0 Å². The van der Waals surface area contributed by atoms with E-state index in [1.54, 1.807) is 0 Å². The summed E-state index contributed by atoms with van der Waals surface area (Å²) < 4.78 is 0. The minimum absolute atomic E-state index is 0.251. The zero-order chi connectivity index (χ0) is 10.7. The molecular weight excluding hydrogens is 184 g/mol. The third-order valence-electron chi connectivity index (χ3n) is 4.99. The van der Waals surface area contributed by atoms with E-state index in [-0.39, 0.29) is 5.60 Å².